The van der Waals surface area contributed by atoms with E-state index in [4.69, 9.17) is 0 Å². The first kappa shape index (κ1) is 16.9. The largest absolute Gasteiger partial charge is 0.480 e. The van der Waals surface area contributed by atoms with Crippen LogP contribution < -0.4 is 10.6 Å². The molecule has 0 saturated carbocycles. The van der Waals surface area contributed by atoms with Gasteiger partial charge in [0.15, 0.2) is 0 Å². The smallest absolute Gasteiger partial charge is 0.329 e. The van der Waals surface area contributed by atoms with Crippen LogP contribution in [0.2, 0.25) is 0 Å². The van der Waals surface area contributed by atoms with Crippen molar-refractivity contribution in [2.75, 3.05) is 26.2 Å². The number of carbonyl (C=O) groups excluding carboxylic acids is 1. The van der Waals surface area contributed by atoms with Gasteiger partial charge < -0.3 is 15.7 Å². The summed E-state index contributed by atoms with van der Waals surface area (Å²) in [4.78, 5) is 26.1. The van der Waals surface area contributed by atoms with Crippen molar-refractivity contribution in [2.24, 2.45) is 0 Å². The molecule has 1 fully saturated rings. The van der Waals surface area contributed by atoms with E-state index in [-0.39, 0.29) is 5.91 Å². The maximum Gasteiger partial charge on any atom is 0.329 e. The van der Waals surface area contributed by atoms with Gasteiger partial charge in [0.05, 0.1) is 5.54 Å². The van der Waals surface area contributed by atoms with E-state index in [1.807, 2.05) is 13.8 Å². The van der Waals surface area contributed by atoms with Crippen molar-refractivity contribution < 1.29 is 14.7 Å². The van der Waals surface area contributed by atoms with E-state index in [0.29, 0.717) is 12.8 Å². The van der Waals surface area contributed by atoms with E-state index in [1.165, 1.54) is 0 Å². The summed E-state index contributed by atoms with van der Waals surface area (Å²) in [5.41, 5.74) is -1.87. The highest BCUT2D eigenvalue weighted by Gasteiger charge is 2.42. The number of hydrogen-bond donors (Lipinski definition) is 3. The third-order valence-electron chi connectivity index (χ3n) is 4.43. The molecule has 116 valence electrons. The quantitative estimate of drug-likeness (QED) is 0.659. The summed E-state index contributed by atoms with van der Waals surface area (Å²) in [5.74, 6) is -1.18. The summed E-state index contributed by atoms with van der Waals surface area (Å²) >= 11 is 0. The van der Waals surface area contributed by atoms with Crippen LogP contribution in [0.5, 0.6) is 0 Å². The molecular formula is C14H27N3O3. The minimum Gasteiger partial charge on any atom is -0.480 e. The molecule has 0 aromatic heterocycles. The van der Waals surface area contributed by atoms with Gasteiger partial charge in [0.1, 0.15) is 5.54 Å². The SMILES string of the molecule is CCC(CC)(NC(=O)C(C)(C)N1CCNCC1)C(=O)O. The number of amides is 1. The van der Waals surface area contributed by atoms with Crippen molar-refractivity contribution >= 4 is 11.9 Å². The number of carboxylic acid groups (broad SMARTS) is 1. The number of aliphatic carboxylic acids is 1. The molecule has 1 aliphatic heterocycles. The molecule has 20 heavy (non-hydrogen) atoms. The molecular weight excluding hydrogens is 258 g/mol. The van der Waals surface area contributed by atoms with Gasteiger partial charge in [-0.05, 0) is 26.7 Å². The number of hydrogen-bond acceptors (Lipinski definition) is 4. The average Bonchev–Trinajstić information content (AvgIpc) is 2.45. The first-order valence-corrected chi connectivity index (χ1v) is 7.32. The Morgan fingerprint density at radius 3 is 2.10 bits per heavy atom. The Balaban J connectivity index is 2.84. The molecule has 0 atom stereocenters. The first-order chi connectivity index (χ1) is 9.30. The monoisotopic (exact) mass is 285 g/mol. The van der Waals surface area contributed by atoms with Crippen molar-refractivity contribution in [1.82, 2.24) is 15.5 Å². The number of piperazine rings is 1. The normalized spacial score (nSPS) is 17.8. The van der Waals surface area contributed by atoms with Gasteiger partial charge in [0.2, 0.25) is 5.91 Å². The Bertz CT molecular complexity index is 359. The minimum atomic E-state index is -1.16. The summed E-state index contributed by atoms with van der Waals surface area (Å²) in [6.45, 7) is 10.6. The van der Waals surface area contributed by atoms with Crippen LogP contribution in [0.1, 0.15) is 40.5 Å². The predicted molar refractivity (Wildman–Crippen MR) is 77.6 cm³/mol. The lowest BCUT2D eigenvalue weighted by Gasteiger charge is -2.41. The number of carbonyl (C=O) groups is 2. The van der Waals surface area contributed by atoms with Crippen LogP contribution >= 0.6 is 0 Å². The van der Waals surface area contributed by atoms with E-state index >= 15 is 0 Å². The van der Waals surface area contributed by atoms with Gasteiger partial charge in [-0.2, -0.15) is 0 Å². The van der Waals surface area contributed by atoms with Gasteiger partial charge in [-0.25, -0.2) is 4.79 Å². The lowest BCUT2D eigenvalue weighted by atomic mass is 9.90. The van der Waals surface area contributed by atoms with Crippen molar-refractivity contribution in [3.8, 4) is 0 Å². The average molecular weight is 285 g/mol. The zero-order chi connectivity index (χ0) is 15.4. The third-order valence-corrected chi connectivity index (χ3v) is 4.43. The molecule has 0 aromatic carbocycles. The molecule has 1 saturated heterocycles. The fourth-order valence-electron chi connectivity index (χ4n) is 2.52. The predicted octanol–water partition coefficient (Wildman–Crippen LogP) is 0.430. The fourth-order valence-corrected chi connectivity index (χ4v) is 2.52. The van der Waals surface area contributed by atoms with E-state index in [1.54, 1.807) is 13.8 Å². The van der Waals surface area contributed by atoms with Crippen molar-refractivity contribution in [3.05, 3.63) is 0 Å². The van der Waals surface area contributed by atoms with Gasteiger partial charge >= 0.3 is 5.97 Å². The lowest BCUT2D eigenvalue weighted by Crippen LogP contribution is -2.64. The number of carboxylic acids is 1. The van der Waals surface area contributed by atoms with E-state index in [0.717, 1.165) is 26.2 Å². The number of rotatable bonds is 6. The number of nitrogens with zero attached hydrogens (tertiary/aromatic N) is 1. The topological polar surface area (TPSA) is 81.7 Å². The second-order valence-electron chi connectivity index (χ2n) is 5.84. The third kappa shape index (κ3) is 3.30. The Hall–Kier alpha value is -1.14. The molecule has 1 rings (SSSR count). The van der Waals surface area contributed by atoms with Crippen LogP contribution in [0.25, 0.3) is 0 Å². The standard InChI is InChI=1S/C14H27N3O3/c1-5-14(6-2,12(19)20)16-11(18)13(3,4)17-9-7-15-8-10-17/h15H,5-10H2,1-4H3,(H,16,18)(H,19,20). The Morgan fingerprint density at radius 2 is 1.70 bits per heavy atom. The van der Waals surface area contributed by atoms with Crippen molar-refractivity contribution in [3.63, 3.8) is 0 Å². The maximum absolute atomic E-state index is 12.6. The highest BCUT2D eigenvalue weighted by molar-refractivity contribution is 5.91. The second-order valence-corrected chi connectivity index (χ2v) is 5.84. The molecule has 3 N–H and O–H groups in total. The van der Waals surface area contributed by atoms with Crippen LogP contribution in [0.15, 0.2) is 0 Å². The fraction of sp³-hybridized carbons (Fsp3) is 0.857. The zero-order valence-corrected chi connectivity index (χ0v) is 13.0. The van der Waals surface area contributed by atoms with Gasteiger partial charge in [-0.3, -0.25) is 9.69 Å². The van der Waals surface area contributed by atoms with Crippen LogP contribution in [0, 0.1) is 0 Å². The molecule has 1 aliphatic rings. The molecule has 1 amide bonds. The molecule has 0 radical (unpaired) electrons. The molecule has 6 nitrogen and oxygen atoms in total. The van der Waals surface area contributed by atoms with Crippen molar-refractivity contribution in [1.29, 1.82) is 0 Å². The first-order valence-electron chi connectivity index (χ1n) is 7.32. The molecule has 0 aromatic rings. The van der Waals surface area contributed by atoms with Crippen LogP contribution in [0.4, 0.5) is 0 Å². The molecule has 0 spiro atoms. The van der Waals surface area contributed by atoms with E-state index < -0.39 is 17.0 Å². The minimum absolute atomic E-state index is 0.217. The molecule has 0 bridgehead atoms. The molecule has 1 heterocycles. The van der Waals surface area contributed by atoms with Gasteiger partial charge in [0.25, 0.3) is 0 Å². The highest BCUT2D eigenvalue weighted by atomic mass is 16.4. The Kier molecular flexibility index (Phi) is 5.53. The Morgan fingerprint density at radius 1 is 1.20 bits per heavy atom. The van der Waals surface area contributed by atoms with Crippen LogP contribution in [-0.2, 0) is 9.59 Å². The van der Waals surface area contributed by atoms with Gasteiger partial charge in [-0.1, -0.05) is 13.8 Å². The molecule has 0 unspecified atom stereocenters. The van der Waals surface area contributed by atoms with E-state index in [2.05, 4.69) is 15.5 Å². The summed E-state index contributed by atoms with van der Waals surface area (Å²) in [7, 11) is 0. The molecule has 0 aliphatic carbocycles. The van der Waals surface area contributed by atoms with Crippen LogP contribution in [0.3, 0.4) is 0 Å². The Labute approximate surface area is 120 Å². The second kappa shape index (κ2) is 6.54. The summed E-state index contributed by atoms with van der Waals surface area (Å²) in [5, 5.41) is 15.4. The van der Waals surface area contributed by atoms with Crippen molar-refractivity contribution in [2.45, 2.75) is 51.6 Å². The lowest BCUT2D eigenvalue weighted by molar-refractivity contribution is -0.150. The highest BCUT2D eigenvalue weighted by Crippen LogP contribution is 2.21. The van der Waals surface area contributed by atoms with E-state index in [9.17, 15) is 14.7 Å². The maximum atomic E-state index is 12.6. The van der Waals surface area contributed by atoms with Gasteiger partial charge in [-0.15, -0.1) is 0 Å². The summed E-state index contributed by atoms with van der Waals surface area (Å²) in [6.07, 6.45) is 0.754. The molecule has 6 heteroatoms. The van der Waals surface area contributed by atoms with Gasteiger partial charge in [0, 0.05) is 26.2 Å². The number of nitrogens with one attached hydrogen (secondary N) is 2. The summed E-state index contributed by atoms with van der Waals surface area (Å²) < 4.78 is 0. The zero-order valence-electron chi connectivity index (χ0n) is 13.0. The summed E-state index contributed by atoms with van der Waals surface area (Å²) in [6, 6.07) is 0. The van der Waals surface area contributed by atoms with Crippen LogP contribution in [-0.4, -0.2) is 59.1 Å².